The Hall–Kier alpha value is -4.18. The second-order valence-corrected chi connectivity index (χ2v) is 8.78. The fourth-order valence-corrected chi connectivity index (χ4v) is 4.08. The lowest BCUT2D eigenvalue weighted by Crippen LogP contribution is -2.31. The van der Waals surface area contributed by atoms with E-state index < -0.39 is 41.5 Å². The van der Waals surface area contributed by atoms with Gasteiger partial charge < -0.3 is 10.1 Å². The monoisotopic (exact) mass is 544 g/mol. The van der Waals surface area contributed by atoms with Crippen molar-refractivity contribution < 1.29 is 37.1 Å². The minimum absolute atomic E-state index is 0.0382. The molecule has 0 bridgehead atoms. The van der Waals surface area contributed by atoms with Crippen LogP contribution in [0.15, 0.2) is 72.8 Å². The van der Waals surface area contributed by atoms with Crippen molar-refractivity contribution >= 4 is 41.0 Å². The van der Waals surface area contributed by atoms with Crippen molar-refractivity contribution in [2.24, 2.45) is 0 Å². The van der Waals surface area contributed by atoms with E-state index in [0.717, 1.165) is 17.0 Å². The number of halogens is 4. The molecule has 11 heteroatoms. The van der Waals surface area contributed by atoms with Crippen molar-refractivity contribution in [3.8, 4) is 0 Å². The van der Waals surface area contributed by atoms with Crippen LogP contribution in [-0.4, -0.2) is 35.1 Å². The lowest BCUT2D eigenvalue weighted by molar-refractivity contribution is -0.154. The van der Waals surface area contributed by atoms with Gasteiger partial charge in [0.1, 0.15) is 0 Å². The highest BCUT2D eigenvalue weighted by Gasteiger charge is 2.35. The standard InChI is InChI=1S/C27H20ClF3N2O5/c28-20-13-12-17(27(29,30)31)15-21(20)32-24(35)23(16-7-2-1-3-8-16)38-22(34)11-6-14-33-25(36)18-9-4-5-10-19(18)26(33)37/h1-5,7-10,12-13,15,23H,6,11,14H2,(H,32,35)/t23-/m1/s1. The highest BCUT2D eigenvalue weighted by Crippen LogP contribution is 2.34. The maximum Gasteiger partial charge on any atom is 0.416 e. The lowest BCUT2D eigenvalue weighted by Gasteiger charge is -2.19. The Kier molecular flexibility index (Phi) is 7.82. The molecular weight excluding hydrogens is 525 g/mol. The summed E-state index contributed by atoms with van der Waals surface area (Å²) in [4.78, 5) is 51.6. The van der Waals surface area contributed by atoms with Crippen LogP contribution in [0.2, 0.25) is 5.02 Å². The molecule has 0 aromatic heterocycles. The number of hydrogen-bond acceptors (Lipinski definition) is 5. The van der Waals surface area contributed by atoms with Gasteiger partial charge in [0.15, 0.2) is 0 Å². The van der Waals surface area contributed by atoms with Crippen LogP contribution in [0, 0.1) is 0 Å². The molecular formula is C27H20ClF3N2O5. The molecule has 1 atom stereocenters. The van der Waals surface area contributed by atoms with Crippen LogP contribution in [0.3, 0.4) is 0 Å². The zero-order valence-electron chi connectivity index (χ0n) is 19.6. The quantitative estimate of drug-likeness (QED) is 0.292. The van der Waals surface area contributed by atoms with E-state index in [1.807, 2.05) is 0 Å². The smallest absolute Gasteiger partial charge is 0.416 e. The van der Waals surface area contributed by atoms with Crippen LogP contribution in [0.1, 0.15) is 50.8 Å². The number of rotatable bonds is 8. The summed E-state index contributed by atoms with van der Waals surface area (Å²) < 4.78 is 44.7. The minimum Gasteiger partial charge on any atom is -0.447 e. The first kappa shape index (κ1) is 26.9. The molecule has 0 saturated carbocycles. The molecule has 1 N–H and O–H groups in total. The van der Waals surface area contributed by atoms with Gasteiger partial charge >= 0.3 is 12.1 Å². The van der Waals surface area contributed by atoms with Gasteiger partial charge in [0, 0.05) is 18.5 Å². The van der Waals surface area contributed by atoms with Gasteiger partial charge in [0.25, 0.3) is 17.7 Å². The summed E-state index contributed by atoms with van der Waals surface area (Å²) in [7, 11) is 0. The van der Waals surface area contributed by atoms with Crippen molar-refractivity contribution in [1.29, 1.82) is 0 Å². The third kappa shape index (κ3) is 5.86. The van der Waals surface area contributed by atoms with E-state index >= 15 is 0 Å². The molecule has 3 aromatic rings. The fourth-order valence-electron chi connectivity index (χ4n) is 3.91. The zero-order valence-corrected chi connectivity index (χ0v) is 20.4. The first-order valence-electron chi connectivity index (χ1n) is 11.4. The molecule has 0 aliphatic carbocycles. The van der Waals surface area contributed by atoms with Crippen LogP contribution < -0.4 is 5.32 Å². The maximum atomic E-state index is 13.1. The van der Waals surface area contributed by atoms with Crippen LogP contribution >= 0.6 is 11.6 Å². The van der Waals surface area contributed by atoms with Crippen molar-refractivity contribution in [3.63, 3.8) is 0 Å². The number of imide groups is 1. The number of carbonyl (C=O) groups is 4. The van der Waals surface area contributed by atoms with E-state index in [9.17, 15) is 32.3 Å². The number of benzene rings is 3. The largest absolute Gasteiger partial charge is 0.447 e. The fraction of sp³-hybridized carbons (Fsp3) is 0.185. The van der Waals surface area contributed by atoms with Crippen LogP contribution in [-0.2, 0) is 20.5 Å². The Bertz CT molecular complexity index is 1360. The Morgan fingerprint density at radius 1 is 0.921 bits per heavy atom. The molecule has 0 unspecified atom stereocenters. The summed E-state index contributed by atoms with van der Waals surface area (Å²) in [6, 6.07) is 16.8. The van der Waals surface area contributed by atoms with Crippen LogP contribution in [0.25, 0.3) is 0 Å². The Labute approximate surface area is 220 Å². The normalized spacial score (nSPS) is 13.7. The highest BCUT2D eigenvalue weighted by atomic mass is 35.5. The molecule has 0 fully saturated rings. The van der Waals surface area contributed by atoms with Gasteiger partial charge in [0.05, 0.1) is 27.4 Å². The van der Waals surface area contributed by atoms with Crippen molar-refractivity contribution in [2.45, 2.75) is 25.1 Å². The first-order valence-corrected chi connectivity index (χ1v) is 11.8. The first-order chi connectivity index (χ1) is 18.1. The minimum atomic E-state index is -4.66. The summed E-state index contributed by atoms with van der Waals surface area (Å²) in [6.07, 6.45) is -6.30. The molecule has 7 nitrogen and oxygen atoms in total. The molecule has 196 valence electrons. The number of nitrogens with one attached hydrogen (secondary N) is 1. The predicted octanol–water partition coefficient (Wildman–Crippen LogP) is 5.66. The molecule has 0 spiro atoms. The number of ether oxygens (including phenoxy) is 1. The van der Waals surface area contributed by atoms with Crippen molar-refractivity contribution in [1.82, 2.24) is 4.90 Å². The summed E-state index contributed by atoms with van der Waals surface area (Å²) >= 11 is 5.99. The van der Waals surface area contributed by atoms with Gasteiger partial charge in [-0.05, 0) is 36.8 Å². The van der Waals surface area contributed by atoms with E-state index in [1.54, 1.807) is 42.5 Å². The number of amides is 3. The van der Waals surface area contributed by atoms with Crippen LogP contribution in [0.4, 0.5) is 18.9 Å². The second-order valence-electron chi connectivity index (χ2n) is 8.37. The molecule has 1 heterocycles. The van der Waals surface area contributed by atoms with Gasteiger partial charge in [-0.15, -0.1) is 0 Å². The number of fused-ring (bicyclic) bond motifs is 1. The number of alkyl halides is 3. The van der Waals surface area contributed by atoms with Gasteiger partial charge in [-0.2, -0.15) is 13.2 Å². The topological polar surface area (TPSA) is 92.8 Å². The van der Waals surface area contributed by atoms with Gasteiger partial charge in [0.2, 0.25) is 6.10 Å². The highest BCUT2D eigenvalue weighted by molar-refractivity contribution is 6.33. The molecule has 3 aromatic carbocycles. The molecule has 1 aliphatic rings. The summed E-state index contributed by atoms with van der Waals surface area (Å²) in [6.45, 7) is -0.0382. The van der Waals surface area contributed by atoms with E-state index in [-0.39, 0.29) is 46.8 Å². The number of hydrogen-bond donors (Lipinski definition) is 1. The van der Waals surface area contributed by atoms with Crippen LogP contribution in [0.5, 0.6) is 0 Å². The van der Waals surface area contributed by atoms with E-state index in [2.05, 4.69) is 5.32 Å². The molecule has 0 saturated heterocycles. The van der Waals surface area contributed by atoms with Crippen molar-refractivity contribution in [2.75, 3.05) is 11.9 Å². The van der Waals surface area contributed by atoms with E-state index in [4.69, 9.17) is 16.3 Å². The maximum absolute atomic E-state index is 13.1. The zero-order chi connectivity index (χ0) is 27.4. The number of anilines is 1. The van der Waals surface area contributed by atoms with Gasteiger partial charge in [-0.1, -0.05) is 54.1 Å². The molecule has 4 rings (SSSR count). The lowest BCUT2D eigenvalue weighted by atomic mass is 10.1. The molecule has 38 heavy (non-hydrogen) atoms. The average molecular weight is 545 g/mol. The van der Waals surface area contributed by atoms with Gasteiger partial charge in [-0.25, -0.2) is 0 Å². The Balaban J connectivity index is 1.43. The predicted molar refractivity (Wildman–Crippen MR) is 131 cm³/mol. The third-order valence-corrected chi connectivity index (χ3v) is 6.11. The molecule has 3 amide bonds. The number of carbonyl (C=O) groups excluding carboxylic acids is 4. The number of nitrogens with zero attached hydrogens (tertiary/aromatic N) is 1. The Morgan fingerprint density at radius 2 is 1.53 bits per heavy atom. The second kappa shape index (κ2) is 11.1. The van der Waals surface area contributed by atoms with Crippen molar-refractivity contribution in [3.05, 3.63) is 100 Å². The Morgan fingerprint density at radius 3 is 2.13 bits per heavy atom. The SMILES string of the molecule is O=C(CCCN1C(=O)c2ccccc2C1=O)O[C@@H](C(=O)Nc1cc(C(F)(F)F)ccc1Cl)c1ccccc1. The average Bonchev–Trinajstić information content (AvgIpc) is 3.13. The third-order valence-electron chi connectivity index (χ3n) is 5.78. The van der Waals surface area contributed by atoms with E-state index in [0.29, 0.717) is 6.07 Å². The molecule has 1 aliphatic heterocycles. The number of esters is 1. The summed E-state index contributed by atoms with van der Waals surface area (Å²) in [5.41, 5.74) is -0.460. The van der Waals surface area contributed by atoms with Gasteiger partial charge in [-0.3, -0.25) is 24.1 Å². The summed E-state index contributed by atoms with van der Waals surface area (Å²) in [5, 5.41) is 2.17. The summed E-state index contributed by atoms with van der Waals surface area (Å²) in [5.74, 6) is -2.64. The molecule has 0 radical (unpaired) electrons. The van der Waals surface area contributed by atoms with E-state index in [1.165, 1.54) is 12.1 Å².